The Labute approximate surface area is 151 Å². The van der Waals surface area contributed by atoms with E-state index in [1.807, 2.05) is 23.1 Å². The molecule has 0 radical (unpaired) electrons. The molecule has 136 valence electrons. The fourth-order valence-corrected chi connectivity index (χ4v) is 3.30. The van der Waals surface area contributed by atoms with Gasteiger partial charge in [-0.25, -0.2) is 4.68 Å². The lowest BCUT2D eigenvalue weighted by Gasteiger charge is -2.26. The van der Waals surface area contributed by atoms with E-state index in [2.05, 4.69) is 35.0 Å². The summed E-state index contributed by atoms with van der Waals surface area (Å²) in [7, 11) is 0. The number of hydrogen-bond acceptors (Lipinski definition) is 5. The van der Waals surface area contributed by atoms with Gasteiger partial charge in [0.1, 0.15) is 5.39 Å². The maximum absolute atomic E-state index is 12.5. The van der Waals surface area contributed by atoms with Crippen molar-refractivity contribution >= 4 is 17.0 Å². The van der Waals surface area contributed by atoms with Crippen LogP contribution in [0, 0.1) is 5.92 Å². The van der Waals surface area contributed by atoms with Gasteiger partial charge in [-0.2, -0.15) is 4.98 Å². The summed E-state index contributed by atoms with van der Waals surface area (Å²) in [5, 5.41) is 5.10. The van der Waals surface area contributed by atoms with Gasteiger partial charge in [0.05, 0.1) is 18.9 Å². The predicted molar refractivity (Wildman–Crippen MR) is 101 cm³/mol. The number of rotatable bonds is 4. The van der Waals surface area contributed by atoms with Crippen molar-refractivity contribution in [3.8, 4) is 5.69 Å². The van der Waals surface area contributed by atoms with Crippen LogP contribution >= 0.6 is 0 Å². The van der Waals surface area contributed by atoms with Crippen LogP contribution in [0.15, 0.2) is 35.3 Å². The molecule has 4 rings (SSSR count). The van der Waals surface area contributed by atoms with E-state index in [1.165, 1.54) is 5.56 Å². The summed E-state index contributed by atoms with van der Waals surface area (Å²) in [6, 6.07) is 8.16. The largest absolute Gasteiger partial charge is 0.378 e. The Kier molecular flexibility index (Phi) is 4.46. The minimum atomic E-state index is -0.163. The second-order valence-electron chi connectivity index (χ2n) is 7.03. The lowest BCUT2D eigenvalue weighted by Crippen LogP contribution is -2.38. The van der Waals surface area contributed by atoms with E-state index in [1.54, 1.807) is 10.9 Å². The van der Waals surface area contributed by atoms with Crippen molar-refractivity contribution in [1.29, 1.82) is 0 Å². The molecule has 0 atom stereocenters. The van der Waals surface area contributed by atoms with Crippen LogP contribution in [0.5, 0.6) is 0 Å². The summed E-state index contributed by atoms with van der Waals surface area (Å²) in [6.45, 7) is 7.09. The fourth-order valence-electron chi connectivity index (χ4n) is 3.30. The van der Waals surface area contributed by atoms with E-state index in [9.17, 15) is 4.79 Å². The van der Waals surface area contributed by atoms with Gasteiger partial charge in [-0.05, 0) is 24.0 Å². The Balaban J connectivity index is 1.77. The quantitative estimate of drug-likeness (QED) is 0.778. The molecule has 26 heavy (non-hydrogen) atoms. The van der Waals surface area contributed by atoms with Gasteiger partial charge in [0.15, 0.2) is 5.65 Å². The van der Waals surface area contributed by atoms with Crippen molar-refractivity contribution in [2.45, 2.75) is 20.3 Å². The molecule has 1 aliphatic rings. The third kappa shape index (κ3) is 3.22. The molecule has 0 aliphatic carbocycles. The number of H-pyrrole nitrogens is 1. The predicted octanol–water partition coefficient (Wildman–Crippen LogP) is 2.14. The standard InChI is InChI=1S/C19H23N5O2/c1-13(2)11-14-5-3-4-6-16(14)24-12-15-17(22-24)20-19(21-18(15)25)23-7-9-26-10-8-23/h3-6,12-13H,7-11H2,1-2H3,(H,20,21,22,25). The van der Waals surface area contributed by atoms with Crippen molar-refractivity contribution in [2.75, 3.05) is 31.2 Å². The maximum atomic E-state index is 12.5. The molecule has 0 spiro atoms. The normalized spacial score (nSPS) is 15.1. The molecule has 3 aromatic rings. The van der Waals surface area contributed by atoms with Gasteiger partial charge < -0.3 is 9.64 Å². The molecule has 3 heterocycles. The minimum Gasteiger partial charge on any atom is -0.378 e. The number of nitrogens with one attached hydrogen (secondary N) is 1. The van der Waals surface area contributed by atoms with Crippen LogP contribution in [-0.2, 0) is 11.2 Å². The molecular formula is C19H23N5O2. The molecule has 0 amide bonds. The van der Waals surface area contributed by atoms with Crippen LogP contribution in [0.4, 0.5) is 5.95 Å². The van der Waals surface area contributed by atoms with Crippen LogP contribution in [0.3, 0.4) is 0 Å². The van der Waals surface area contributed by atoms with Crippen molar-refractivity contribution in [2.24, 2.45) is 5.92 Å². The molecule has 2 aromatic heterocycles. The molecule has 1 aliphatic heterocycles. The average Bonchev–Trinajstić information content (AvgIpc) is 3.07. The van der Waals surface area contributed by atoms with Crippen molar-refractivity contribution in [1.82, 2.24) is 19.7 Å². The first-order valence-corrected chi connectivity index (χ1v) is 9.02. The first-order valence-electron chi connectivity index (χ1n) is 9.02. The summed E-state index contributed by atoms with van der Waals surface area (Å²) in [4.78, 5) is 22.0. The smallest absolute Gasteiger partial charge is 0.263 e. The summed E-state index contributed by atoms with van der Waals surface area (Å²) in [5.74, 6) is 1.10. The van der Waals surface area contributed by atoms with E-state index in [0.717, 1.165) is 12.1 Å². The topological polar surface area (TPSA) is 76.0 Å². The monoisotopic (exact) mass is 353 g/mol. The van der Waals surface area contributed by atoms with Gasteiger partial charge in [0.25, 0.3) is 5.56 Å². The summed E-state index contributed by atoms with van der Waals surface area (Å²) >= 11 is 0. The SMILES string of the molecule is CC(C)Cc1ccccc1-n1cc2c(=O)[nH]c(N3CCOCC3)nc2n1. The lowest BCUT2D eigenvalue weighted by molar-refractivity contribution is 0.122. The molecule has 0 saturated carbocycles. The zero-order chi connectivity index (χ0) is 18.1. The van der Waals surface area contributed by atoms with Crippen LogP contribution in [0.2, 0.25) is 0 Å². The summed E-state index contributed by atoms with van der Waals surface area (Å²) in [5.41, 5.74) is 2.50. The van der Waals surface area contributed by atoms with Crippen molar-refractivity contribution < 1.29 is 4.74 Å². The number of morpholine rings is 1. The molecule has 1 fully saturated rings. The number of benzene rings is 1. The molecule has 0 bridgehead atoms. The van der Waals surface area contributed by atoms with E-state index in [-0.39, 0.29) is 5.56 Å². The van der Waals surface area contributed by atoms with Crippen molar-refractivity contribution in [3.63, 3.8) is 0 Å². The second kappa shape index (κ2) is 6.92. The minimum absolute atomic E-state index is 0.163. The molecule has 1 saturated heterocycles. The Bertz CT molecular complexity index is 969. The number of nitrogens with zero attached hydrogens (tertiary/aromatic N) is 4. The van der Waals surface area contributed by atoms with E-state index in [4.69, 9.17) is 4.74 Å². The molecule has 7 heteroatoms. The lowest BCUT2D eigenvalue weighted by atomic mass is 10.0. The van der Waals surface area contributed by atoms with Gasteiger partial charge in [-0.15, -0.1) is 5.10 Å². The Hall–Kier alpha value is -2.67. The Morgan fingerprint density at radius 2 is 2.00 bits per heavy atom. The Morgan fingerprint density at radius 3 is 2.77 bits per heavy atom. The van der Waals surface area contributed by atoms with Crippen molar-refractivity contribution in [3.05, 3.63) is 46.4 Å². The highest BCUT2D eigenvalue weighted by Gasteiger charge is 2.17. The molecular weight excluding hydrogens is 330 g/mol. The molecule has 0 unspecified atom stereocenters. The zero-order valence-corrected chi connectivity index (χ0v) is 15.1. The number of fused-ring (bicyclic) bond motifs is 1. The number of ether oxygens (including phenoxy) is 1. The highest BCUT2D eigenvalue weighted by Crippen LogP contribution is 2.20. The molecule has 1 N–H and O–H groups in total. The van der Waals surface area contributed by atoms with Crippen LogP contribution in [0.1, 0.15) is 19.4 Å². The zero-order valence-electron chi connectivity index (χ0n) is 15.1. The van der Waals surface area contributed by atoms with Crippen LogP contribution in [-0.4, -0.2) is 46.1 Å². The first kappa shape index (κ1) is 16.8. The number of aromatic nitrogens is 4. The van der Waals surface area contributed by atoms with Gasteiger partial charge in [0.2, 0.25) is 5.95 Å². The molecule has 7 nitrogen and oxygen atoms in total. The average molecular weight is 353 g/mol. The van der Waals surface area contributed by atoms with Crippen LogP contribution in [0.25, 0.3) is 16.7 Å². The van der Waals surface area contributed by atoms with Gasteiger partial charge >= 0.3 is 0 Å². The number of hydrogen-bond donors (Lipinski definition) is 1. The van der Waals surface area contributed by atoms with Gasteiger partial charge in [0, 0.05) is 19.3 Å². The Morgan fingerprint density at radius 1 is 1.23 bits per heavy atom. The van der Waals surface area contributed by atoms with E-state index in [0.29, 0.717) is 49.2 Å². The maximum Gasteiger partial charge on any atom is 0.263 e. The first-order chi connectivity index (χ1) is 12.6. The van der Waals surface area contributed by atoms with Gasteiger partial charge in [-0.3, -0.25) is 9.78 Å². The summed E-state index contributed by atoms with van der Waals surface area (Å²) in [6.07, 6.45) is 2.72. The van der Waals surface area contributed by atoms with E-state index >= 15 is 0 Å². The third-order valence-corrected chi connectivity index (χ3v) is 4.55. The summed E-state index contributed by atoms with van der Waals surface area (Å²) < 4.78 is 7.14. The van der Waals surface area contributed by atoms with Gasteiger partial charge in [-0.1, -0.05) is 32.0 Å². The highest BCUT2D eigenvalue weighted by atomic mass is 16.5. The van der Waals surface area contributed by atoms with E-state index < -0.39 is 0 Å². The number of para-hydroxylation sites is 1. The third-order valence-electron chi connectivity index (χ3n) is 4.55. The number of aromatic amines is 1. The second-order valence-corrected chi connectivity index (χ2v) is 7.03. The van der Waals surface area contributed by atoms with Crippen LogP contribution < -0.4 is 10.5 Å². The highest BCUT2D eigenvalue weighted by molar-refractivity contribution is 5.74. The fraction of sp³-hybridized carbons (Fsp3) is 0.421. The molecule has 1 aromatic carbocycles. The number of anilines is 1.